The highest BCUT2D eigenvalue weighted by molar-refractivity contribution is 7.86. The fraction of sp³-hybridized carbons (Fsp3) is 0.316. The lowest BCUT2D eigenvalue weighted by Gasteiger charge is -2.29. The van der Waals surface area contributed by atoms with Crippen LogP contribution in [-0.4, -0.2) is 31.5 Å². The number of amides is 1. The molecule has 0 aromatic heterocycles. The van der Waals surface area contributed by atoms with Crippen molar-refractivity contribution >= 4 is 16.0 Å². The quantitative estimate of drug-likeness (QED) is 0.690. The molecule has 0 aliphatic carbocycles. The summed E-state index contributed by atoms with van der Waals surface area (Å²) >= 11 is 0. The zero-order chi connectivity index (χ0) is 19.3. The van der Waals surface area contributed by atoms with Gasteiger partial charge in [-0.3, -0.25) is 4.79 Å². The van der Waals surface area contributed by atoms with Gasteiger partial charge in [-0.2, -0.15) is 8.42 Å². The summed E-state index contributed by atoms with van der Waals surface area (Å²) in [6, 6.07) is 12.2. The van der Waals surface area contributed by atoms with Crippen LogP contribution in [0.1, 0.15) is 36.2 Å². The van der Waals surface area contributed by atoms with Crippen LogP contribution in [0.4, 0.5) is 4.39 Å². The van der Waals surface area contributed by atoms with E-state index in [1.165, 1.54) is 24.3 Å². The standard InChI is InChI=1S/C19H22FNO4S/c1-4-14(2)21(19(22)17-10-5-6-11-18(17)20)13-15-8-7-9-16(12-15)25-26(3,23)24/h5-12,14H,4,13H2,1-3H3. The lowest BCUT2D eigenvalue weighted by Crippen LogP contribution is -2.38. The highest BCUT2D eigenvalue weighted by Gasteiger charge is 2.23. The average molecular weight is 379 g/mol. The summed E-state index contributed by atoms with van der Waals surface area (Å²) in [6.45, 7) is 4.04. The summed E-state index contributed by atoms with van der Waals surface area (Å²) in [6.07, 6.45) is 1.66. The van der Waals surface area contributed by atoms with Crippen molar-refractivity contribution < 1.29 is 21.8 Å². The molecule has 2 aromatic carbocycles. The second-order valence-corrected chi connectivity index (χ2v) is 7.68. The molecule has 0 saturated carbocycles. The van der Waals surface area contributed by atoms with Gasteiger partial charge in [0.2, 0.25) is 0 Å². The maximum absolute atomic E-state index is 14.0. The van der Waals surface area contributed by atoms with E-state index in [-0.39, 0.29) is 23.9 Å². The third-order valence-corrected chi connectivity index (χ3v) is 4.48. The molecule has 0 bridgehead atoms. The molecule has 1 unspecified atom stereocenters. The first-order valence-electron chi connectivity index (χ1n) is 8.25. The monoisotopic (exact) mass is 379 g/mol. The summed E-state index contributed by atoms with van der Waals surface area (Å²) in [5, 5.41) is 0. The fourth-order valence-electron chi connectivity index (χ4n) is 2.50. The van der Waals surface area contributed by atoms with E-state index in [1.807, 2.05) is 13.8 Å². The van der Waals surface area contributed by atoms with E-state index in [0.29, 0.717) is 12.0 Å². The van der Waals surface area contributed by atoms with Crippen LogP contribution in [-0.2, 0) is 16.7 Å². The van der Waals surface area contributed by atoms with E-state index in [4.69, 9.17) is 4.18 Å². The lowest BCUT2D eigenvalue weighted by molar-refractivity contribution is 0.0666. The molecule has 0 N–H and O–H groups in total. The predicted molar refractivity (Wildman–Crippen MR) is 97.9 cm³/mol. The summed E-state index contributed by atoms with van der Waals surface area (Å²) < 4.78 is 41.5. The maximum atomic E-state index is 14.0. The Morgan fingerprint density at radius 2 is 1.88 bits per heavy atom. The number of halogens is 1. The van der Waals surface area contributed by atoms with Crippen molar-refractivity contribution in [2.45, 2.75) is 32.9 Å². The number of nitrogens with zero attached hydrogens (tertiary/aromatic N) is 1. The Balaban J connectivity index is 2.30. The zero-order valence-electron chi connectivity index (χ0n) is 15.0. The minimum absolute atomic E-state index is 0.0105. The third kappa shape index (κ3) is 5.29. The molecular weight excluding hydrogens is 357 g/mol. The van der Waals surface area contributed by atoms with Gasteiger partial charge in [-0.25, -0.2) is 4.39 Å². The first kappa shape index (κ1) is 19.9. The Hall–Kier alpha value is -2.41. The molecule has 26 heavy (non-hydrogen) atoms. The smallest absolute Gasteiger partial charge is 0.306 e. The van der Waals surface area contributed by atoms with Crippen molar-refractivity contribution in [3.63, 3.8) is 0 Å². The van der Waals surface area contributed by atoms with Crippen LogP contribution < -0.4 is 4.18 Å². The van der Waals surface area contributed by atoms with Gasteiger partial charge in [-0.15, -0.1) is 0 Å². The van der Waals surface area contributed by atoms with E-state index < -0.39 is 21.8 Å². The molecule has 0 saturated heterocycles. The molecular formula is C19H22FNO4S. The lowest BCUT2D eigenvalue weighted by atomic mass is 10.1. The van der Waals surface area contributed by atoms with Gasteiger partial charge in [0.25, 0.3) is 5.91 Å². The van der Waals surface area contributed by atoms with Crippen molar-refractivity contribution in [1.29, 1.82) is 0 Å². The van der Waals surface area contributed by atoms with Crippen molar-refractivity contribution in [3.05, 3.63) is 65.5 Å². The Bertz CT molecular complexity index is 883. The molecule has 2 rings (SSSR count). The van der Waals surface area contributed by atoms with Crippen LogP contribution in [0.3, 0.4) is 0 Å². The van der Waals surface area contributed by atoms with Gasteiger partial charge in [0.1, 0.15) is 11.6 Å². The first-order valence-corrected chi connectivity index (χ1v) is 10.1. The molecule has 0 aliphatic heterocycles. The molecule has 0 radical (unpaired) electrons. The Kier molecular flexibility index (Phi) is 6.37. The maximum Gasteiger partial charge on any atom is 0.306 e. The van der Waals surface area contributed by atoms with E-state index >= 15 is 0 Å². The number of carbonyl (C=O) groups excluding carboxylic acids is 1. The predicted octanol–water partition coefficient (Wildman–Crippen LogP) is 3.61. The number of hydrogen-bond donors (Lipinski definition) is 0. The highest BCUT2D eigenvalue weighted by Crippen LogP contribution is 2.20. The van der Waals surface area contributed by atoms with Crippen LogP contribution in [0.25, 0.3) is 0 Å². The van der Waals surface area contributed by atoms with Gasteiger partial charge >= 0.3 is 10.1 Å². The zero-order valence-corrected chi connectivity index (χ0v) is 15.8. The van der Waals surface area contributed by atoms with Crippen molar-refractivity contribution in [2.75, 3.05) is 6.26 Å². The molecule has 2 aromatic rings. The topological polar surface area (TPSA) is 63.7 Å². The number of carbonyl (C=O) groups is 1. The molecule has 140 valence electrons. The molecule has 0 aliphatic rings. The fourth-order valence-corrected chi connectivity index (χ4v) is 2.96. The molecule has 1 amide bonds. The molecule has 5 nitrogen and oxygen atoms in total. The summed E-state index contributed by atoms with van der Waals surface area (Å²) in [4.78, 5) is 14.4. The van der Waals surface area contributed by atoms with E-state index in [2.05, 4.69) is 0 Å². The van der Waals surface area contributed by atoms with Crippen LogP contribution in [0, 0.1) is 5.82 Å². The average Bonchev–Trinajstić information content (AvgIpc) is 2.58. The Labute approximate surface area is 153 Å². The third-order valence-electron chi connectivity index (χ3n) is 3.99. The first-order chi connectivity index (χ1) is 12.2. The van der Waals surface area contributed by atoms with Gasteiger partial charge in [-0.1, -0.05) is 31.2 Å². The van der Waals surface area contributed by atoms with E-state index in [0.717, 1.165) is 6.26 Å². The summed E-state index contributed by atoms with van der Waals surface area (Å²) in [7, 11) is -3.64. The molecule has 0 spiro atoms. The summed E-state index contributed by atoms with van der Waals surface area (Å²) in [5.41, 5.74) is 0.701. The van der Waals surface area contributed by atoms with Crippen molar-refractivity contribution in [3.8, 4) is 5.75 Å². The minimum Gasteiger partial charge on any atom is -0.383 e. The van der Waals surface area contributed by atoms with Crippen LogP contribution in [0.15, 0.2) is 48.5 Å². The van der Waals surface area contributed by atoms with Gasteiger partial charge in [0, 0.05) is 12.6 Å². The number of hydrogen-bond acceptors (Lipinski definition) is 4. The SMILES string of the molecule is CCC(C)N(Cc1cccc(OS(C)(=O)=O)c1)C(=O)c1ccccc1F. The largest absolute Gasteiger partial charge is 0.383 e. The van der Waals surface area contributed by atoms with Crippen LogP contribution in [0.5, 0.6) is 5.75 Å². The molecule has 7 heteroatoms. The second kappa shape index (κ2) is 8.31. The highest BCUT2D eigenvalue weighted by atomic mass is 32.2. The van der Waals surface area contributed by atoms with Crippen LogP contribution in [0.2, 0.25) is 0 Å². The minimum atomic E-state index is -3.64. The summed E-state index contributed by atoms with van der Waals surface area (Å²) in [5.74, 6) is -0.806. The second-order valence-electron chi connectivity index (χ2n) is 6.11. The molecule has 1 atom stereocenters. The molecule has 0 fully saturated rings. The van der Waals surface area contributed by atoms with Gasteiger partial charge in [0.15, 0.2) is 0 Å². The molecule has 0 heterocycles. The van der Waals surface area contributed by atoms with Gasteiger partial charge < -0.3 is 9.08 Å². The Morgan fingerprint density at radius 3 is 2.50 bits per heavy atom. The van der Waals surface area contributed by atoms with Gasteiger partial charge in [0.05, 0.1) is 11.8 Å². The Morgan fingerprint density at radius 1 is 1.19 bits per heavy atom. The van der Waals surface area contributed by atoms with E-state index in [9.17, 15) is 17.6 Å². The van der Waals surface area contributed by atoms with Crippen LogP contribution >= 0.6 is 0 Å². The normalized spacial score (nSPS) is 12.5. The number of benzene rings is 2. The number of rotatable bonds is 7. The van der Waals surface area contributed by atoms with Gasteiger partial charge in [-0.05, 0) is 43.2 Å². The van der Waals surface area contributed by atoms with Crippen molar-refractivity contribution in [2.24, 2.45) is 0 Å². The van der Waals surface area contributed by atoms with Crippen molar-refractivity contribution in [1.82, 2.24) is 4.90 Å². The van der Waals surface area contributed by atoms with E-state index in [1.54, 1.807) is 29.2 Å².